The number of hydrogen-bond acceptors (Lipinski definition) is 5. The molecule has 0 radical (unpaired) electrons. The Kier molecular flexibility index (Phi) is 7.04. The fourth-order valence-corrected chi connectivity index (χ4v) is 4.56. The summed E-state index contributed by atoms with van der Waals surface area (Å²) in [6, 6.07) is 28.8. The normalized spacial score (nSPS) is 27.5. The number of rotatable bonds is 9. The summed E-state index contributed by atoms with van der Waals surface area (Å²) in [5.74, 6) is 0. The Balaban J connectivity index is 1.61. The third-order valence-electron chi connectivity index (χ3n) is 6.32. The molecule has 0 aromatic heterocycles. The van der Waals surface area contributed by atoms with Gasteiger partial charge in [-0.2, -0.15) is 0 Å². The first-order chi connectivity index (χ1) is 15.5. The van der Waals surface area contributed by atoms with E-state index in [0.29, 0.717) is 6.61 Å². The molecule has 3 aromatic carbocycles. The van der Waals surface area contributed by atoms with Crippen LogP contribution in [0.5, 0.6) is 0 Å². The fourth-order valence-electron chi connectivity index (χ4n) is 4.56. The lowest BCUT2D eigenvalue weighted by Gasteiger charge is -2.41. The first kappa shape index (κ1) is 22.6. The standard InChI is InChI=1S/C27H30O5/c28-18-24-26(29,16-21-10-4-1-5-11-21)27(30,17-22-12-6-2-7-13-22)25(32-24)20-31-19-23-14-8-3-9-15-23/h1-15,24-25,28-30H,16-20H2/t24?,25-,26-,27-/m1/s1. The van der Waals surface area contributed by atoms with E-state index in [2.05, 4.69) is 0 Å². The Morgan fingerprint density at radius 1 is 0.656 bits per heavy atom. The fraction of sp³-hybridized carbons (Fsp3) is 0.333. The summed E-state index contributed by atoms with van der Waals surface area (Å²) in [6.07, 6.45) is -1.43. The molecular formula is C27H30O5. The highest BCUT2D eigenvalue weighted by Crippen LogP contribution is 2.44. The van der Waals surface area contributed by atoms with Crippen LogP contribution in [0.1, 0.15) is 16.7 Å². The van der Waals surface area contributed by atoms with E-state index in [0.717, 1.165) is 16.7 Å². The van der Waals surface area contributed by atoms with Crippen molar-refractivity contribution in [2.24, 2.45) is 0 Å². The van der Waals surface area contributed by atoms with Crippen LogP contribution >= 0.6 is 0 Å². The van der Waals surface area contributed by atoms with E-state index in [9.17, 15) is 15.3 Å². The maximum Gasteiger partial charge on any atom is 0.129 e. The summed E-state index contributed by atoms with van der Waals surface area (Å²) < 4.78 is 11.9. The minimum absolute atomic E-state index is 0.0891. The second kappa shape index (κ2) is 9.94. The zero-order valence-electron chi connectivity index (χ0n) is 18.0. The SMILES string of the molecule is OCC1O[C@H](COCc2ccccc2)[C@](O)(Cc2ccccc2)[C@@]1(O)Cc1ccccc1. The first-order valence-electron chi connectivity index (χ1n) is 11.0. The van der Waals surface area contributed by atoms with Crippen LogP contribution in [0, 0.1) is 0 Å². The number of benzene rings is 3. The van der Waals surface area contributed by atoms with Gasteiger partial charge in [-0.1, -0.05) is 91.0 Å². The molecule has 1 fully saturated rings. The molecule has 1 aliphatic heterocycles. The highest BCUT2D eigenvalue weighted by Gasteiger charge is 2.65. The number of hydrogen-bond donors (Lipinski definition) is 3. The maximum atomic E-state index is 12.0. The Morgan fingerprint density at radius 3 is 1.56 bits per heavy atom. The average molecular weight is 435 g/mol. The zero-order valence-corrected chi connectivity index (χ0v) is 18.0. The molecule has 0 spiro atoms. The summed E-state index contributed by atoms with van der Waals surface area (Å²) in [5.41, 5.74) is -0.616. The summed E-state index contributed by atoms with van der Waals surface area (Å²) in [5, 5.41) is 34.0. The minimum atomic E-state index is -1.69. The van der Waals surface area contributed by atoms with E-state index < -0.39 is 30.0 Å². The summed E-state index contributed by atoms with van der Waals surface area (Å²) >= 11 is 0. The topological polar surface area (TPSA) is 79.2 Å². The largest absolute Gasteiger partial charge is 0.394 e. The van der Waals surface area contributed by atoms with Crippen molar-refractivity contribution in [2.75, 3.05) is 13.2 Å². The lowest BCUT2D eigenvalue weighted by Crippen LogP contribution is -2.62. The number of aliphatic hydroxyl groups is 3. The molecule has 5 heteroatoms. The van der Waals surface area contributed by atoms with Crippen LogP contribution < -0.4 is 0 Å². The van der Waals surface area contributed by atoms with Gasteiger partial charge in [0.15, 0.2) is 0 Å². The van der Waals surface area contributed by atoms with Crippen LogP contribution in [0.15, 0.2) is 91.0 Å². The summed E-state index contributed by atoms with van der Waals surface area (Å²) in [6.45, 7) is 0.0461. The molecule has 3 aromatic rings. The van der Waals surface area contributed by atoms with Crippen molar-refractivity contribution in [1.29, 1.82) is 0 Å². The van der Waals surface area contributed by atoms with Gasteiger partial charge in [0, 0.05) is 12.8 Å². The van der Waals surface area contributed by atoms with E-state index in [1.807, 2.05) is 91.0 Å². The Morgan fingerprint density at radius 2 is 1.09 bits per heavy atom. The monoisotopic (exact) mass is 434 g/mol. The Hall–Kier alpha value is -2.54. The van der Waals surface area contributed by atoms with Gasteiger partial charge in [-0.25, -0.2) is 0 Å². The predicted octanol–water partition coefficient (Wildman–Crippen LogP) is 2.91. The van der Waals surface area contributed by atoms with Gasteiger partial charge in [-0.3, -0.25) is 0 Å². The van der Waals surface area contributed by atoms with Gasteiger partial charge in [0.2, 0.25) is 0 Å². The van der Waals surface area contributed by atoms with Gasteiger partial charge < -0.3 is 24.8 Å². The molecule has 0 amide bonds. The highest BCUT2D eigenvalue weighted by molar-refractivity contribution is 5.28. The van der Waals surface area contributed by atoms with Gasteiger partial charge in [0.25, 0.3) is 0 Å². The third-order valence-corrected chi connectivity index (χ3v) is 6.32. The van der Waals surface area contributed by atoms with Crippen LogP contribution in [-0.2, 0) is 28.9 Å². The second-order valence-corrected chi connectivity index (χ2v) is 8.47. The van der Waals surface area contributed by atoms with Crippen molar-refractivity contribution in [3.05, 3.63) is 108 Å². The van der Waals surface area contributed by atoms with Crippen LogP contribution in [0.3, 0.4) is 0 Å². The van der Waals surface area contributed by atoms with Crippen molar-refractivity contribution in [2.45, 2.75) is 42.9 Å². The molecule has 32 heavy (non-hydrogen) atoms. The zero-order chi connectivity index (χ0) is 22.4. The smallest absolute Gasteiger partial charge is 0.129 e. The lowest BCUT2D eigenvalue weighted by molar-refractivity contribution is -0.152. The highest BCUT2D eigenvalue weighted by atomic mass is 16.6. The first-order valence-corrected chi connectivity index (χ1v) is 11.0. The van der Waals surface area contributed by atoms with Crippen molar-refractivity contribution in [3.8, 4) is 0 Å². The van der Waals surface area contributed by atoms with Gasteiger partial charge in [-0.05, 0) is 16.7 Å². The van der Waals surface area contributed by atoms with Gasteiger partial charge in [-0.15, -0.1) is 0 Å². The molecule has 0 aliphatic carbocycles. The summed E-state index contributed by atoms with van der Waals surface area (Å²) in [7, 11) is 0. The van der Waals surface area contributed by atoms with Gasteiger partial charge in [0.05, 0.1) is 19.8 Å². The molecular weight excluding hydrogens is 404 g/mol. The van der Waals surface area contributed by atoms with E-state index in [-0.39, 0.29) is 19.4 Å². The number of aliphatic hydroxyl groups excluding tert-OH is 1. The van der Waals surface area contributed by atoms with Crippen LogP contribution in [0.25, 0.3) is 0 Å². The van der Waals surface area contributed by atoms with Gasteiger partial charge >= 0.3 is 0 Å². The molecule has 3 N–H and O–H groups in total. The summed E-state index contributed by atoms with van der Waals surface area (Å²) in [4.78, 5) is 0. The molecule has 0 bridgehead atoms. The number of ether oxygens (including phenoxy) is 2. The third kappa shape index (κ3) is 4.63. The molecule has 168 valence electrons. The second-order valence-electron chi connectivity index (χ2n) is 8.47. The van der Waals surface area contributed by atoms with E-state index in [1.54, 1.807) is 0 Å². The Labute approximate surface area is 188 Å². The Bertz CT molecular complexity index is 965. The molecule has 1 saturated heterocycles. The quantitative estimate of drug-likeness (QED) is 0.483. The molecule has 4 rings (SSSR count). The van der Waals surface area contributed by atoms with Gasteiger partial charge in [0.1, 0.15) is 23.4 Å². The average Bonchev–Trinajstić information content (AvgIpc) is 3.02. The molecule has 4 atom stereocenters. The molecule has 1 unspecified atom stereocenters. The maximum absolute atomic E-state index is 12.0. The van der Waals surface area contributed by atoms with E-state index in [4.69, 9.17) is 9.47 Å². The molecule has 1 aliphatic rings. The lowest BCUT2D eigenvalue weighted by atomic mass is 9.71. The van der Waals surface area contributed by atoms with Crippen molar-refractivity contribution in [1.82, 2.24) is 0 Å². The van der Waals surface area contributed by atoms with Crippen molar-refractivity contribution < 1.29 is 24.8 Å². The van der Waals surface area contributed by atoms with Crippen LogP contribution in [-0.4, -0.2) is 51.9 Å². The minimum Gasteiger partial charge on any atom is -0.394 e. The van der Waals surface area contributed by atoms with Crippen molar-refractivity contribution in [3.63, 3.8) is 0 Å². The van der Waals surface area contributed by atoms with Crippen molar-refractivity contribution >= 4 is 0 Å². The molecule has 1 heterocycles. The van der Waals surface area contributed by atoms with E-state index >= 15 is 0 Å². The molecule has 0 saturated carbocycles. The van der Waals surface area contributed by atoms with Crippen LogP contribution in [0.2, 0.25) is 0 Å². The molecule has 5 nitrogen and oxygen atoms in total. The predicted molar refractivity (Wildman–Crippen MR) is 122 cm³/mol. The van der Waals surface area contributed by atoms with Crippen LogP contribution in [0.4, 0.5) is 0 Å². The van der Waals surface area contributed by atoms with E-state index in [1.165, 1.54) is 0 Å².